The Labute approximate surface area is 166 Å². The second-order valence-corrected chi connectivity index (χ2v) is 7.81. The number of amides is 1. The van der Waals surface area contributed by atoms with Gasteiger partial charge in [0.05, 0.1) is 18.0 Å². The summed E-state index contributed by atoms with van der Waals surface area (Å²) < 4.78 is 13.1. The molecule has 3 aromatic rings. The van der Waals surface area contributed by atoms with E-state index in [1.54, 1.807) is 23.2 Å². The predicted octanol–water partition coefficient (Wildman–Crippen LogP) is 4.83. The van der Waals surface area contributed by atoms with E-state index in [4.69, 9.17) is 0 Å². The van der Waals surface area contributed by atoms with Gasteiger partial charge in [0.25, 0.3) is 0 Å². The van der Waals surface area contributed by atoms with Gasteiger partial charge in [-0.25, -0.2) is 4.39 Å². The summed E-state index contributed by atoms with van der Waals surface area (Å²) >= 11 is 1.38. The third-order valence-corrected chi connectivity index (χ3v) is 5.61. The second-order valence-electron chi connectivity index (χ2n) is 6.51. The maximum absolute atomic E-state index is 13.1. The van der Waals surface area contributed by atoms with Crippen LogP contribution in [0.4, 0.5) is 4.39 Å². The van der Waals surface area contributed by atoms with Gasteiger partial charge in [-0.05, 0) is 35.4 Å². The Morgan fingerprint density at radius 2 is 1.82 bits per heavy atom. The first-order valence-electron chi connectivity index (χ1n) is 8.93. The molecule has 0 radical (unpaired) electrons. The van der Waals surface area contributed by atoms with Crippen LogP contribution in [0.25, 0.3) is 10.8 Å². The van der Waals surface area contributed by atoms with Crippen LogP contribution in [0.2, 0.25) is 0 Å². The smallest absolute Gasteiger partial charge is 0.242 e. The highest BCUT2D eigenvalue weighted by Crippen LogP contribution is 2.28. The Bertz CT molecular complexity index is 1070. The van der Waals surface area contributed by atoms with Crippen LogP contribution in [0.1, 0.15) is 18.1 Å². The van der Waals surface area contributed by atoms with Crippen molar-refractivity contribution in [3.05, 3.63) is 83.7 Å². The van der Waals surface area contributed by atoms with E-state index < -0.39 is 0 Å². The molecule has 28 heavy (non-hydrogen) atoms. The Balaban J connectivity index is 1.58. The molecule has 1 saturated heterocycles. The molecule has 0 spiro atoms. The molecule has 1 aliphatic rings. The number of fused-ring (bicyclic) bond motifs is 1. The minimum absolute atomic E-state index is 0.0200. The van der Waals surface area contributed by atoms with Crippen LogP contribution in [0, 0.1) is 5.82 Å². The number of benzene rings is 3. The molecule has 1 amide bonds. The number of hydrogen-bond acceptors (Lipinski definition) is 4. The first kappa shape index (κ1) is 18.4. The monoisotopic (exact) mass is 391 g/mol. The molecule has 6 heteroatoms. The topological polar surface area (TPSA) is 45.0 Å². The Kier molecular flexibility index (Phi) is 5.21. The van der Waals surface area contributed by atoms with Crippen LogP contribution in [0.5, 0.6) is 0 Å². The molecule has 0 aliphatic carbocycles. The molecular formula is C22H18FN3OS. The van der Waals surface area contributed by atoms with Crippen LogP contribution in [-0.2, 0) is 11.3 Å². The molecule has 0 saturated carbocycles. The fourth-order valence-corrected chi connectivity index (χ4v) is 4.01. The van der Waals surface area contributed by atoms with Crippen molar-refractivity contribution in [3.8, 4) is 0 Å². The number of amidine groups is 1. The second kappa shape index (κ2) is 7.94. The highest BCUT2D eigenvalue weighted by Gasteiger charge is 2.35. The van der Waals surface area contributed by atoms with Gasteiger partial charge in [0.2, 0.25) is 5.91 Å². The summed E-state index contributed by atoms with van der Waals surface area (Å²) in [4.78, 5) is 14.1. The number of rotatable bonds is 4. The fraction of sp³-hybridized carbons (Fsp3) is 0.136. The first-order valence-corrected chi connectivity index (χ1v) is 9.81. The third-order valence-electron chi connectivity index (χ3n) is 4.54. The lowest BCUT2D eigenvalue weighted by Gasteiger charge is -2.15. The van der Waals surface area contributed by atoms with Gasteiger partial charge < -0.3 is 0 Å². The van der Waals surface area contributed by atoms with E-state index >= 15 is 0 Å². The zero-order valence-corrected chi connectivity index (χ0v) is 16.1. The van der Waals surface area contributed by atoms with E-state index in [2.05, 4.69) is 22.3 Å². The lowest BCUT2D eigenvalue weighted by Crippen LogP contribution is -2.30. The number of carbonyl (C=O) groups is 1. The lowest BCUT2D eigenvalue weighted by atomic mass is 10.1. The van der Waals surface area contributed by atoms with Gasteiger partial charge in [0.15, 0.2) is 5.17 Å². The average molecular weight is 391 g/mol. The van der Waals surface area contributed by atoms with Crippen LogP contribution >= 0.6 is 11.8 Å². The molecule has 1 fully saturated rings. The van der Waals surface area contributed by atoms with Gasteiger partial charge >= 0.3 is 0 Å². The fourth-order valence-electron chi connectivity index (χ4n) is 3.08. The van der Waals surface area contributed by atoms with Crippen molar-refractivity contribution in [2.45, 2.75) is 18.7 Å². The van der Waals surface area contributed by atoms with Crippen molar-refractivity contribution in [1.82, 2.24) is 4.90 Å². The number of carbonyl (C=O) groups excluding carboxylic acids is 1. The summed E-state index contributed by atoms with van der Waals surface area (Å²) in [6.45, 7) is 2.20. The number of halogens is 1. The third kappa shape index (κ3) is 3.82. The molecule has 1 aliphatic heterocycles. The largest absolute Gasteiger partial charge is 0.284 e. The molecule has 4 nitrogen and oxygen atoms in total. The minimum Gasteiger partial charge on any atom is -0.284 e. The van der Waals surface area contributed by atoms with E-state index in [0.717, 1.165) is 21.9 Å². The van der Waals surface area contributed by atoms with E-state index in [0.29, 0.717) is 11.7 Å². The van der Waals surface area contributed by atoms with Gasteiger partial charge in [-0.3, -0.25) is 9.69 Å². The number of hydrogen-bond donors (Lipinski definition) is 0. The molecule has 0 bridgehead atoms. The van der Waals surface area contributed by atoms with Gasteiger partial charge in [-0.15, -0.1) is 5.10 Å². The molecule has 0 aromatic heterocycles. The minimum atomic E-state index is -0.298. The molecular weight excluding hydrogens is 373 g/mol. The van der Waals surface area contributed by atoms with Crippen LogP contribution in [-0.4, -0.2) is 27.4 Å². The molecule has 1 heterocycles. The molecule has 0 N–H and O–H groups in total. The van der Waals surface area contributed by atoms with Crippen molar-refractivity contribution in [2.75, 3.05) is 0 Å². The van der Waals surface area contributed by atoms with Gasteiger partial charge in [-0.2, -0.15) is 5.10 Å². The van der Waals surface area contributed by atoms with Crippen molar-refractivity contribution in [2.24, 2.45) is 10.2 Å². The molecule has 1 atom stereocenters. The van der Waals surface area contributed by atoms with Gasteiger partial charge in [0, 0.05) is 5.56 Å². The quantitative estimate of drug-likeness (QED) is 0.472. The van der Waals surface area contributed by atoms with Crippen LogP contribution in [0.3, 0.4) is 0 Å². The Morgan fingerprint density at radius 1 is 1.07 bits per heavy atom. The first-order chi connectivity index (χ1) is 13.6. The molecule has 4 rings (SSSR count). The van der Waals surface area contributed by atoms with E-state index in [1.807, 2.05) is 37.3 Å². The Morgan fingerprint density at radius 3 is 2.64 bits per heavy atom. The van der Waals surface area contributed by atoms with E-state index in [9.17, 15) is 9.18 Å². The number of nitrogens with zero attached hydrogens (tertiary/aromatic N) is 3. The molecule has 140 valence electrons. The zero-order valence-electron chi connectivity index (χ0n) is 15.2. The predicted molar refractivity (Wildman–Crippen MR) is 113 cm³/mol. The highest BCUT2D eigenvalue weighted by molar-refractivity contribution is 8.15. The molecule has 3 aromatic carbocycles. The number of thioether (sulfide) groups is 1. The summed E-state index contributed by atoms with van der Waals surface area (Å²) in [5.41, 5.74) is 1.81. The summed E-state index contributed by atoms with van der Waals surface area (Å²) in [7, 11) is 0. The van der Waals surface area contributed by atoms with E-state index in [1.165, 1.54) is 23.9 Å². The highest BCUT2D eigenvalue weighted by atomic mass is 32.2. The summed E-state index contributed by atoms with van der Waals surface area (Å²) in [5.74, 6) is -0.318. The van der Waals surface area contributed by atoms with Gasteiger partial charge in [-0.1, -0.05) is 66.4 Å². The molecule has 1 unspecified atom stereocenters. The summed E-state index contributed by atoms with van der Waals surface area (Å²) in [5, 5.41) is 11.1. The summed E-state index contributed by atoms with van der Waals surface area (Å²) in [6.07, 6.45) is 1.71. The van der Waals surface area contributed by atoms with Crippen LogP contribution < -0.4 is 0 Å². The maximum atomic E-state index is 13.1. The van der Waals surface area contributed by atoms with Crippen molar-refractivity contribution >= 4 is 39.8 Å². The summed E-state index contributed by atoms with van der Waals surface area (Å²) in [6, 6.07) is 20.2. The standard InChI is InChI=1S/C22H18FN3OS/c1-15-21(27)26(14-16-9-11-19(23)12-10-16)22(28-15)25-24-13-18-7-4-6-17-5-2-3-8-20(17)18/h2-13,15H,14H2,1H3. The normalized spacial score (nSPS) is 18.6. The Hall–Kier alpha value is -2.99. The van der Waals surface area contributed by atoms with E-state index in [-0.39, 0.29) is 17.0 Å². The van der Waals surface area contributed by atoms with Crippen molar-refractivity contribution in [1.29, 1.82) is 0 Å². The van der Waals surface area contributed by atoms with Crippen molar-refractivity contribution in [3.63, 3.8) is 0 Å². The lowest BCUT2D eigenvalue weighted by molar-refractivity contribution is -0.126. The average Bonchev–Trinajstić information content (AvgIpc) is 2.97. The zero-order chi connectivity index (χ0) is 19.5. The maximum Gasteiger partial charge on any atom is 0.242 e. The van der Waals surface area contributed by atoms with Gasteiger partial charge in [0.1, 0.15) is 5.82 Å². The van der Waals surface area contributed by atoms with Crippen molar-refractivity contribution < 1.29 is 9.18 Å². The van der Waals surface area contributed by atoms with Crippen LogP contribution in [0.15, 0.2) is 76.9 Å². The SMILES string of the molecule is CC1SC(=NN=Cc2cccc3ccccc23)N(Cc2ccc(F)cc2)C1=O.